The van der Waals surface area contributed by atoms with Crippen molar-refractivity contribution in [1.29, 1.82) is 0 Å². The molecule has 0 radical (unpaired) electrons. The smallest absolute Gasteiger partial charge is 0.0208 e. The first kappa shape index (κ1) is 11.7. The van der Waals surface area contributed by atoms with Crippen molar-refractivity contribution in [3.8, 4) is 0 Å². The van der Waals surface area contributed by atoms with E-state index in [1.807, 2.05) is 0 Å². The van der Waals surface area contributed by atoms with Crippen LogP contribution in [0.5, 0.6) is 0 Å². The summed E-state index contributed by atoms with van der Waals surface area (Å²) in [5, 5.41) is 3.55. The van der Waals surface area contributed by atoms with Crippen molar-refractivity contribution in [2.45, 2.75) is 46.1 Å². The SMILES string of the molecule is Cc1ccc(C)c(CNCCCC2CC2)c1. The van der Waals surface area contributed by atoms with Gasteiger partial charge in [0.15, 0.2) is 0 Å². The maximum atomic E-state index is 3.55. The Hall–Kier alpha value is -0.820. The highest BCUT2D eigenvalue weighted by Crippen LogP contribution is 2.33. The fourth-order valence-corrected chi connectivity index (χ4v) is 2.14. The van der Waals surface area contributed by atoms with E-state index in [0.29, 0.717) is 0 Å². The van der Waals surface area contributed by atoms with Crippen LogP contribution in [0.4, 0.5) is 0 Å². The van der Waals surface area contributed by atoms with E-state index < -0.39 is 0 Å². The van der Waals surface area contributed by atoms with Gasteiger partial charge in [-0.15, -0.1) is 0 Å². The lowest BCUT2D eigenvalue weighted by atomic mass is 10.1. The van der Waals surface area contributed by atoms with E-state index in [9.17, 15) is 0 Å². The highest BCUT2D eigenvalue weighted by atomic mass is 14.8. The van der Waals surface area contributed by atoms with Gasteiger partial charge in [0, 0.05) is 6.54 Å². The first-order valence-corrected chi connectivity index (χ1v) is 6.52. The topological polar surface area (TPSA) is 12.0 Å². The minimum atomic E-state index is 1.03. The van der Waals surface area contributed by atoms with Gasteiger partial charge in [0.05, 0.1) is 0 Å². The molecule has 0 atom stereocenters. The average Bonchev–Trinajstić information content (AvgIpc) is 3.06. The first-order chi connectivity index (χ1) is 7.75. The summed E-state index contributed by atoms with van der Waals surface area (Å²) < 4.78 is 0. The molecule has 1 aromatic rings. The Balaban J connectivity index is 1.69. The standard InChI is InChI=1S/C15H23N/c1-12-5-6-13(2)15(10-12)11-16-9-3-4-14-7-8-14/h5-6,10,14,16H,3-4,7-9,11H2,1-2H3. The Kier molecular flexibility index (Phi) is 4.00. The van der Waals surface area contributed by atoms with Crippen molar-refractivity contribution in [2.75, 3.05) is 6.54 Å². The van der Waals surface area contributed by atoms with E-state index in [-0.39, 0.29) is 0 Å². The quantitative estimate of drug-likeness (QED) is 0.718. The van der Waals surface area contributed by atoms with Gasteiger partial charge in [0.2, 0.25) is 0 Å². The molecule has 0 spiro atoms. The molecule has 1 heteroatoms. The van der Waals surface area contributed by atoms with Crippen LogP contribution in [0.25, 0.3) is 0 Å². The van der Waals surface area contributed by atoms with E-state index in [2.05, 4.69) is 37.4 Å². The predicted octanol–water partition coefficient (Wildman–Crippen LogP) is 3.58. The molecule has 88 valence electrons. The van der Waals surface area contributed by atoms with E-state index in [1.54, 1.807) is 0 Å². The molecule has 0 heterocycles. The summed E-state index contributed by atoms with van der Waals surface area (Å²) in [5.74, 6) is 1.07. The molecule has 0 unspecified atom stereocenters. The molecule has 0 aliphatic heterocycles. The molecule has 0 saturated heterocycles. The highest BCUT2D eigenvalue weighted by Gasteiger charge is 2.19. The zero-order chi connectivity index (χ0) is 11.4. The normalized spacial score (nSPS) is 15.4. The third-order valence-electron chi connectivity index (χ3n) is 3.48. The molecule has 1 saturated carbocycles. The van der Waals surface area contributed by atoms with Gasteiger partial charge < -0.3 is 5.32 Å². The Morgan fingerprint density at radius 3 is 2.81 bits per heavy atom. The molecule has 1 aromatic carbocycles. The van der Waals surface area contributed by atoms with E-state index >= 15 is 0 Å². The Morgan fingerprint density at radius 1 is 1.25 bits per heavy atom. The number of rotatable bonds is 6. The van der Waals surface area contributed by atoms with Gasteiger partial charge in [-0.2, -0.15) is 0 Å². The fraction of sp³-hybridized carbons (Fsp3) is 0.600. The van der Waals surface area contributed by atoms with E-state index in [1.165, 1.54) is 48.9 Å². The minimum absolute atomic E-state index is 1.03. The molecule has 1 aliphatic carbocycles. The number of aryl methyl sites for hydroxylation is 2. The zero-order valence-electron chi connectivity index (χ0n) is 10.6. The molecule has 1 fully saturated rings. The monoisotopic (exact) mass is 217 g/mol. The van der Waals surface area contributed by atoms with E-state index in [0.717, 1.165) is 12.5 Å². The number of hydrogen-bond donors (Lipinski definition) is 1. The van der Waals surface area contributed by atoms with Crippen LogP contribution < -0.4 is 5.32 Å². The van der Waals surface area contributed by atoms with Crippen molar-refractivity contribution in [2.24, 2.45) is 5.92 Å². The lowest BCUT2D eigenvalue weighted by Crippen LogP contribution is -2.15. The zero-order valence-corrected chi connectivity index (χ0v) is 10.6. The summed E-state index contributed by atoms with van der Waals surface area (Å²) in [6, 6.07) is 6.70. The van der Waals surface area contributed by atoms with E-state index in [4.69, 9.17) is 0 Å². The molecular formula is C15H23N. The third kappa shape index (κ3) is 3.64. The summed E-state index contributed by atoms with van der Waals surface area (Å²) in [7, 11) is 0. The third-order valence-corrected chi connectivity index (χ3v) is 3.48. The number of benzene rings is 1. The molecule has 1 nitrogen and oxygen atoms in total. The average molecular weight is 217 g/mol. The van der Waals surface area contributed by atoms with Gasteiger partial charge >= 0.3 is 0 Å². The number of hydrogen-bond acceptors (Lipinski definition) is 1. The molecular weight excluding hydrogens is 194 g/mol. The van der Waals surface area contributed by atoms with Gasteiger partial charge in [-0.25, -0.2) is 0 Å². The molecule has 2 rings (SSSR count). The fourth-order valence-electron chi connectivity index (χ4n) is 2.14. The molecule has 0 aromatic heterocycles. The second-order valence-corrected chi connectivity index (χ2v) is 5.19. The largest absolute Gasteiger partial charge is 0.313 e. The molecule has 1 N–H and O–H groups in total. The summed E-state index contributed by atoms with van der Waals surface area (Å²) in [6.45, 7) is 6.55. The molecule has 0 bridgehead atoms. The van der Waals surface area contributed by atoms with Crippen molar-refractivity contribution in [1.82, 2.24) is 5.32 Å². The summed E-state index contributed by atoms with van der Waals surface area (Å²) in [5.41, 5.74) is 4.21. The highest BCUT2D eigenvalue weighted by molar-refractivity contribution is 5.30. The van der Waals surface area contributed by atoms with Gasteiger partial charge in [0.1, 0.15) is 0 Å². The number of nitrogens with one attached hydrogen (secondary N) is 1. The van der Waals surface area contributed by atoms with Crippen molar-refractivity contribution < 1.29 is 0 Å². The first-order valence-electron chi connectivity index (χ1n) is 6.52. The van der Waals surface area contributed by atoms with Gasteiger partial charge in [-0.3, -0.25) is 0 Å². The Labute approximate surface area is 99.3 Å². The molecule has 0 amide bonds. The maximum absolute atomic E-state index is 3.55. The summed E-state index contributed by atoms with van der Waals surface area (Å²) in [4.78, 5) is 0. The van der Waals surface area contributed by atoms with Gasteiger partial charge in [0.25, 0.3) is 0 Å². The molecule has 16 heavy (non-hydrogen) atoms. The van der Waals surface area contributed by atoms with Crippen molar-refractivity contribution in [3.05, 3.63) is 34.9 Å². The second kappa shape index (κ2) is 5.49. The Bertz CT molecular complexity index is 339. The molecule has 1 aliphatic rings. The lowest BCUT2D eigenvalue weighted by Gasteiger charge is -2.08. The van der Waals surface area contributed by atoms with Crippen LogP contribution in [-0.4, -0.2) is 6.54 Å². The lowest BCUT2D eigenvalue weighted by molar-refractivity contribution is 0.593. The predicted molar refractivity (Wildman–Crippen MR) is 69.6 cm³/mol. The van der Waals surface area contributed by atoms with Crippen molar-refractivity contribution in [3.63, 3.8) is 0 Å². The van der Waals surface area contributed by atoms with Crippen molar-refractivity contribution >= 4 is 0 Å². The van der Waals surface area contributed by atoms with Gasteiger partial charge in [-0.05, 0) is 50.3 Å². The second-order valence-electron chi connectivity index (χ2n) is 5.19. The van der Waals surface area contributed by atoms with Gasteiger partial charge in [-0.1, -0.05) is 36.6 Å². The van der Waals surface area contributed by atoms with Crippen LogP contribution in [0.15, 0.2) is 18.2 Å². The van der Waals surface area contributed by atoms with Crippen LogP contribution in [0.2, 0.25) is 0 Å². The minimum Gasteiger partial charge on any atom is -0.313 e. The van der Waals surface area contributed by atoms with Crippen LogP contribution in [-0.2, 0) is 6.54 Å². The van der Waals surface area contributed by atoms with Crippen LogP contribution in [0, 0.1) is 19.8 Å². The summed E-state index contributed by atoms with van der Waals surface area (Å²) in [6.07, 6.45) is 5.74. The van der Waals surface area contributed by atoms with Crippen LogP contribution >= 0.6 is 0 Å². The Morgan fingerprint density at radius 2 is 2.06 bits per heavy atom. The van der Waals surface area contributed by atoms with Crippen LogP contribution in [0.3, 0.4) is 0 Å². The van der Waals surface area contributed by atoms with Crippen LogP contribution in [0.1, 0.15) is 42.4 Å². The maximum Gasteiger partial charge on any atom is 0.0208 e. The summed E-state index contributed by atoms with van der Waals surface area (Å²) >= 11 is 0.